The fourth-order valence-corrected chi connectivity index (χ4v) is 3.45. The van der Waals surface area contributed by atoms with Crippen molar-refractivity contribution in [3.8, 4) is 11.5 Å². The lowest BCUT2D eigenvalue weighted by atomic mass is 10.1. The predicted octanol–water partition coefficient (Wildman–Crippen LogP) is 6.12. The smallest absolute Gasteiger partial charge is 0.167 e. The van der Waals surface area contributed by atoms with E-state index in [1.807, 2.05) is 36.4 Å². The molecule has 0 saturated heterocycles. The largest absolute Gasteiger partial charge is 0.493 e. The van der Waals surface area contributed by atoms with Gasteiger partial charge in [0.1, 0.15) is 12.4 Å². The molecule has 0 aliphatic rings. The van der Waals surface area contributed by atoms with Crippen LogP contribution in [0.5, 0.6) is 11.5 Å². The van der Waals surface area contributed by atoms with E-state index in [2.05, 4.69) is 21.2 Å². The molecule has 0 heterocycles. The summed E-state index contributed by atoms with van der Waals surface area (Å²) < 4.78 is 26.2. The number of hydrogen-bond acceptors (Lipinski definition) is 3. The van der Waals surface area contributed by atoms with Gasteiger partial charge in [-0.25, -0.2) is 4.39 Å². The average molecular weight is 465 g/mol. The van der Waals surface area contributed by atoms with Gasteiger partial charge >= 0.3 is 0 Å². The zero-order chi connectivity index (χ0) is 19.9. The van der Waals surface area contributed by atoms with Gasteiger partial charge in [-0.15, -0.1) is 0 Å². The zero-order valence-electron chi connectivity index (χ0n) is 15.3. The van der Waals surface area contributed by atoms with Gasteiger partial charge in [-0.3, -0.25) is 0 Å². The first kappa shape index (κ1) is 20.6. The molecule has 0 amide bonds. The molecule has 0 aliphatic carbocycles. The van der Waals surface area contributed by atoms with Gasteiger partial charge in [0.2, 0.25) is 0 Å². The summed E-state index contributed by atoms with van der Waals surface area (Å²) in [6.45, 7) is 1.24. The summed E-state index contributed by atoms with van der Waals surface area (Å²) in [4.78, 5) is 0. The van der Waals surface area contributed by atoms with Gasteiger partial charge in [-0.2, -0.15) is 0 Å². The molecule has 0 aliphatic heterocycles. The van der Waals surface area contributed by atoms with Crippen LogP contribution < -0.4 is 14.8 Å². The number of halogens is 3. The molecule has 3 nitrogen and oxygen atoms in total. The predicted molar refractivity (Wildman–Crippen MR) is 113 cm³/mol. The Kier molecular flexibility index (Phi) is 7.31. The fraction of sp³-hybridized carbons (Fsp3) is 0.182. The molecule has 0 radical (unpaired) electrons. The van der Waals surface area contributed by atoms with E-state index in [-0.39, 0.29) is 12.4 Å². The monoisotopic (exact) mass is 463 g/mol. The second-order valence-electron chi connectivity index (χ2n) is 6.13. The topological polar surface area (TPSA) is 30.5 Å². The van der Waals surface area contributed by atoms with E-state index in [0.717, 1.165) is 20.6 Å². The van der Waals surface area contributed by atoms with Gasteiger partial charge in [0.25, 0.3) is 0 Å². The molecule has 1 N–H and O–H groups in total. The lowest BCUT2D eigenvalue weighted by Gasteiger charge is -2.17. The highest BCUT2D eigenvalue weighted by atomic mass is 79.9. The molecule has 28 heavy (non-hydrogen) atoms. The zero-order valence-corrected chi connectivity index (χ0v) is 17.7. The summed E-state index contributed by atoms with van der Waals surface area (Å²) in [5, 5.41) is 4.10. The molecule has 3 aromatic rings. The minimum absolute atomic E-state index is 0.108. The molecule has 0 fully saturated rings. The van der Waals surface area contributed by atoms with E-state index >= 15 is 0 Å². The third kappa shape index (κ3) is 5.04. The van der Waals surface area contributed by atoms with Gasteiger partial charge in [0.15, 0.2) is 11.5 Å². The molecule has 146 valence electrons. The van der Waals surface area contributed by atoms with Crippen molar-refractivity contribution in [1.29, 1.82) is 0 Å². The van der Waals surface area contributed by atoms with Crippen molar-refractivity contribution < 1.29 is 13.9 Å². The van der Waals surface area contributed by atoms with Crippen LogP contribution in [-0.4, -0.2) is 7.11 Å². The highest BCUT2D eigenvalue weighted by molar-refractivity contribution is 9.10. The van der Waals surface area contributed by atoms with E-state index in [1.54, 1.807) is 25.3 Å². The van der Waals surface area contributed by atoms with E-state index in [0.29, 0.717) is 30.2 Å². The maximum Gasteiger partial charge on any atom is 0.167 e. The number of nitrogens with one attached hydrogen (secondary N) is 1. The minimum atomic E-state index is -0.296. The second kappa shape index (κ2) is 9.92. The van der Waals surface area contributed by atoms with E-state index in [9.17, 15) is 4.39 Å². The van der Waals surface area contributed by atoms with Crippen LogP contribution in [0.2, 0.25) is 5.02 Å². The summed E-state index contributed by atoms with van der Waals surface area (Å²) in [5.74, 6) is 0.871. The summed E-state index contributed by atoms with van der Waals surface area (Å²) in [6.07, 6.45) is 0. The van der Waals surface area contributed by atoms with Crippen LogP contribution in [-0.2, 0) is 19.7 Å². The maximum absolute atomic E-state index is 13.9. The van der Waals surface area contributed by atoms with Crippen LogP contribution in [0.1, 0.15) is 16.7 Å². The second-order valence-corrected chi connectivity index (χ2v) is 7.39. The Labute approximate surface area is 177 Å². The van der Waals surface area contributed by atoms with Crippen molar-refractivity contribution in [3.05, 3.63) is 92.7 Å². The highest BCUT2D eigenvalue weighted by Gasteiger charge is 2.15. The number of benzene rings is 3. The summed E-state index contributed by atoms with van der Waals surface area (Å²) in [7, 11) is 1.58. The van der Waals surface area contributed by atoms with Crippen molar-refractivity contribution >= 4 is 27.5 Å². The molecule has 0 bridgehead atoms. The van der Waals surface area contributed by atoms with Crippen LogP contribution >= 0.6 is 27.5 Å². The first-order valence-corrected chi connectivity index (χ1v) is 9.93. The van der Waals surface area contributed by atoms with E-state index in [1.165, 1.54) is 6.07 Å². The highest BCUT2D eigenvalue weighted by Crippen LogP contribution is 2.37. The van der Waals surface area contributed by atoms with Gasteiger partial charge in [-0.05, 0) is 29.8 Å². The van der Waals surface area contributed by atoms with Crippen LogP contribution in [0.3, 0.4) is 0 Å². The molecule has 0 atom stereocenters. The van der Waals surface area contributed by atoms with Gasteiger partial charge in [-0.1, -0.05) is 63.9 Å². The first-order chi connectivity index (χ1) is 13.6. The molecule has 6 heteroatoms. The summed E-state index contributed by atoms with van der Waals surface area (Å²) >= 11 is 9.80. The summed E-state index contributed by atoms with van der Waals surface area (Å²) in [6, 6.07) is 18.0. The standard InChI is InChI=1S/C22H20BrClFNO2/c1-27-21-11-10-18(23)17(13-26-12-15-6-2-4-8-19(15)24)22(21)28-14-16-7-3-5-9-20(16)25/h2-11,26H,12-14H2,1H3. The lowest BCUT2D eigenvalue weighted by molar-refractivity contribution is 0.275. The van der Waals surface area contributed by atoms with Crippen molar-refractivity contribution in [2.45, 2.75) is 19.7 Å². The van der Waals surface area contributed by atoms with Crippen molar-refractivity contribution in [2.24, 2.45) is 0 Å². The third-order valence-corrected chi connectivity index (χ3v) is 5.40. The number of ether oxygens (including phenoxy) is 2. The number of hydrogen-bond donors (Lipinski definition) is 1. The number of rotatable bonds is 8. The third-order valence-electron chi connectivity index (χ3n) is 4.29. The maximum atomic E-state index is 13.9. The average Bonchev–Trinajstić information content (AvgIpc) is 2.70. The molecule has 0 saturated carbocycles. The van der Waals surface area contributed by atoms with Crippen LogP contribution in [0.25, 0.3) is 0 Å². The first-order valence-electron chi connectivity index (χ1n) is 8.76. The van der Waals surface area contributed by atoms with Crippen molar-refractivity contribution in [2.75, 3.05) is 7.11 Å². The Morgan fingerprint density at radius 3 is 2.39 bits per heavy atom. The fourth-order valence-electron chi connectivity index (χ4n) is 2.80. The molecular formula is C22H20BrClFNO2. The molecule has 3 aromatic carbocycles. The Morgan fingerprint density at radius 1 is 0.964 bits per heavy atom. The molecular weight excluding hydrogens is 445 g/mol. The Morgan fingerprint density at radius 2 is 1.68 bits per heavy atom. The Balaban J connectivity index is 1.77. The SMILES string of the molecule is COc1ccc(Br)c(CNCc2ccccc2Cl)c1OCc1ccccc1F. The van der Waals surface area contributed by atoms with Gasteiger partial charge in [0.05, 0.1) is 7.11 Å². The van der Waals surface area contributed by atoms with Gasteiger partial charge < -0.3 is 14.8 Å². The van der Waals surface area contributed by atoms with E-state index in [4.69, 9.17) is 21.1 Å². The molecule has 0 unspecified atom stereocenters. The van der Waals surface area contributed by atoms with Crippen LogP contribution in [0.4, 0.5) is 4.39 Å². The quantitative estimate of drug-likeness (QED) is 0.436. The van der Waals surface area contributed by atoms with Crippen LogP contribution in [0, 0.1) is 5.82 Å². The molecule has 3 rings (SSSR count). The number of methoxy groups -OCH3 is 1. The lowest BCUT2D eigenvalue weighted by Crippen LogP contribution is -2.15. The van der Waals surface area contributed by atoms with Gasteiger partial charge in [0, 0.05) is 33.7 Å². The summed E-state index contributed by atoms with van der Waals surface area (Å²) in [5.41, 5.74) is 2.39. The van der Waals surface area contributed by atoms with Crippen LogP contribution in [0.15, 0.2) is 65.1 Å². The molecule has 0 aromatic heterocycles. The Bertz CT molecular complexity index is 952. The Hall–Kier alpha value is -2.08. The van der Waals surface area contributed by atoms with Crippen molar-refractivity contribution in [3.63, 3.8) is 0 Å². The van der Waals surface area contributed by atoms with E-state index < -0.39 is 0 Å². The van der Waals surface area contributed by atoms with Crippen molar-refractivity contribution in [1.82, 2.24) is 5.32 Å². The normalized spacial score (nSPS) is 10.7. The molecule has 0 spiro atoms. The minimum Gasteiger partial charge on any atom is -0.493 e.